The van der Waals surface area contributed by atoms with Gasteiger partial charge in [0.05, 0.1) is 18.2 Å². The van der Waals surface area contributed by atoms with Crippen molar-refractivity contribution >= 4 is 0 Å². The predicted octanol–water partition coefficient (Wildman–Crippen LogP) is -0.896. The second kappa shape index (κ2) is 3.26. The van der Waals surface area contributed by atoms with E-state index in [4.69, 9.17) is 21.3 Å². The van der Waals surface area contributed by atoms with Gasteiger partial charge in [-0.15, -0.1) is 0 Å². The van der Waals surface area contributed by atoms with E-state index in [0.717, 1.165) is 0 Å². The van der Waals surface area contributed by atoms with Crippen LogP contribution in [0, 0.1) is 0 Å². The number of aliphatic hydroxyl groups excluding tert-OH is 1. The van der Waals surface area contributed by atoms with Gasteiger partial charge in [0, 0.05) is 12.8 Å². The largest absolute Gasteiger partial charge is 0.399 e. The van der Waals surface area contributed by atoms with Gasteiger partial charge in [-0.25, -0.2) is 0 Å². The topological polar surface area (TPSA) is 81.5 Å². The number of nitrogens with two attached hydrogens (primary N) is 2. The lowest BCUT2D eigenvalue weighted by Gasteiger charge is -2.32. The molecule has 1 aliphatic rings. The fraction of sp³-hybridized carbons (Fsp3) is 0.500. The van der Waals surface area contributed by atoms with Gasteiger partial charge in [0.15, 0.2) is 0 Å². The lowest BCUT2D eigenvalue weighted by Crippen LogP contribution is -2.54. The molecule has 0 bridgehead atoms. The maximum Gasteiger partial charge on any atom is 0.0994 e. The summed E-state index contributed by atoms with van der Waals surface area (Å²) in [5, 5.41) is 9.03. The first-order chi connectivity index (χ1) is 5.62. The molecule has 5 N–H and O–H groups in total. The molecular formula is C8H14N2O2. The highest BCUT2D eigenvalue weighted by atomic mass is 16.5. The molecule has 12 heavy (non-hydrogen) atoms. The maximum absolute atomic E-state index is 9.03. The first kappa shape index (κ1) is 9.25. The molecule has 0 spiro atoms. The Hall–Kier alpha value is -0.840. The minimum Gasteiger partial charge on any atom is -0.399 e. The number of hydrogen-bond donors (Lipinski definition) is 3. The molecule has 1 aliphatic carbocycles. The van der Waals surface area contributed by atoms with Crippen LogP contribution in [0.5, 0.6) is 0 Å². The Kier molecular flexibility index (Phi) is 2.52. The molecule has 0 aliphatic heterocycles. The van der Waals surface area contributed by atoms with Crippen LogP contribution in [0.4, 0.5) is 0 Å². The number of hydrogen-bond acceptors (Lipinski definition) is 4. The van der Waals surface area contributed by atoms with Crippen molar-refractivity contribution in [1.29, 1.82) is 0 Å². The Balaban J connectivity index is 2.88. The third-order valence-electron chi connectivity index (χ3n) is 1.96. The average molecular weight is 170 g/mol. The second-order valence-corrected chi connectivity index (χ2v) is 2.93. The quantitative estimate of drug-likeness (QED) is 0.502. The second-order valence-electron chi connectivity index (χ2n) is 2.93. The zero-order valence-electron chi connectivity index (χ0n) is 7.03. The number of rotatable bonds is 2. The van der Waals surface area contributed by atoms with Gasteiger partial charge in [-0.3, -0.25) is 0 Å². The SMILES string of the molecule is COC1C=CC(N)=CC1(N)CO. The lowest BCUT2D eigenvalue weighted by molar-refractivity contribution is 0.0587. The number of ether oxygens (including phenoxy) is 1. The van der Waals surface area contributed by atoms with Crippen LogP contribution in [-0.2, 0) is 4.74 Å². The number of methoxy groups -OCH3 is 1. The summed E-state index contributed by atoms with van der Waals surface area (Å²) < 4.78 is 5.07. The van der Waals surface area contributed by atoms with Gasteiger partial charge in [0.25, 0.3) is 0 Å². The van der Waals surface area contributed by atoms with Crippen LogP contribution >= 0.6 is 0 Å². The highest BCUT2D eigenvalue weighted by Crippen LogP contribution is 2.19. The standard InChI is InChI=1S/C8H14N2O2/c1-12-7-3-2-6(9)4-8(7,10)5-11/h2-4,7,11H,5,9-10H2,1H3. The fourth-order valence-corrected chi connectivity index (χ4v) is 1.25. The predicted molar refractivity (Wildman–Crippen MR) is 46.2 cm³/mol. The molecule has 4 heteroatoms. The molecule has 0 amide bonds. The zero-order valence-corrected chi connectivity index (χ0v) is 7.03. The monoisotopic (exact) mass is 170 g/mol. The average Bonchev–Trinajstić information content (AvgIpc) is 2.05. The van der Waals surface area contributed by atoms with Crippen molar-refractivity contribution in [3.05, 3.63) is 23.9 Å². The van der Waals surface area contributed by atoms with Gasteiger partial charge < -0.3 is 21.3 Å². The molecule has 0 aromatic rings. The molecule has 0 saturated carbocycles. The van der Waals surface area contributed by atoms with Gasteiger partial charge in [-0.05, 0) is 12.2 Å². The number of aliphatic hydroxyl groups is 1. The minimum absolute atomic E-state index is 0.184. The summed E-state index contributed by atoms with van der Waals surface area (Å²) in [5.41, 5.74) is 11.0. The van der Waals surface area contributed by atoms with Crippen LogP contribution < -0.4 is 11.5 Å². The molecule has 0 heterocycles. The molecule has 0 aromatic heterocycles. The molecule has 0 fully saturated rings. The summed E-state index contributed by atoms with van der Waals surface area (Å²) in [6, 6.07) is 0. The van der Waals surface area contributed by atoms with Crippen molar-refractivity contribution < 1.29 is 9.84 Å². The van der Waals surface area contributed by atoms with Crippen molar-refractivity contribution in [1.82, 2.24) is 0 Å². The summed E-state index contributed by atoms with van der Waals surface area (Å²) in [7, 11) is 1.54. The van der Waals surface area contributed by atoms with Gasteiger partial charge in [-0.2, -0.15) is 0 Å². The summed E-state index contributed by atoms with van der Waals surface area (Å²) >= 11 is 0. The van der Waals surface area contributed by atoms with E-state index in [2.05, 4.69) is 0 Å². The van der Waals surface area contributed by atoms with E-state index < -0.39 is 5.54 Å². The van der Waals surface area contributed by atoms with Crippen molar-refractivity contribution in [2.24, 2.45) is 11.5 Å². The van der Waals surface area contributed by atoms with Crippen LogP contribution in [0.3, 0.4) is 0 Å². The fourth-order valence-electron chi connectivity index (χ4n) is 1.25. The Labute approximate surface area is 71.5 Å². The smallest absolute Gasteiger partial charge is 0.0994 e. The van der Waals surface area contributed by atoms with Crippen molar-refractivity contribution in [2.45, 2.75) is 11.6 Å². The Morgan fingerprint density at radius 3 is 2.92 bits per heavy atom. The van der Waals surface area contributed by atoms with Crippen LogP contribution in [0.25, 0.3) is 0 Å². The normalized spacial score (nSPS) is 34.9. The van der Waals surface area contributed by atoms with E-state index in [1.54, 1.807) is 25.3 Å². The first-order valence-electron chi connectivity index (χ1n) is 3.71. The summed E-state index contributed by atoms with van der Waals surface area (Å²) in [6.45, 7) is -0.184. The first-order valence-corrected chi connectivity index (χ1v) is 3.71. The highest BCUT2D eigenvalue weighted by molar-refractivity contribution is 5.31. The highest BCUT2D eigenvalue weighted by Gasteiger charge is 2.33. The van der Waals surface area contributed by atoms with E-state index in [1.807, 2.05) is 0 Å². The van der Waals surface area contributed by atoms with Gasteiger partial charge >= 0.3 is 0 Å². The van der Waals surface area contributed by atoms with E-state index in [9.17, 15) is 0 Å². The molecule has 4 nitrogen and oxygen atoms in total. The van der Waals surface area contributed by atoms with Crippen molar-refractivity contribution in [2.75, 3.05) is 13.7 Å². The van der Waals surface area contributed by atoms with Gasteiger partial charge in [0.2, 0.25) is 0 Å². The Morgan fingerprint density at radius 2 is 2.42 bits per heavy atom. The van der Waals surface area contributed by atoms with Crippen molar-refractivity contribution in [3.8, 4) is 0 Å². The van der Waals surface area contributed by atoms with E-state index in [-0.39, 0.29) is 12.7 Å². The number of allylic oxidation sites excluding steroid dienone is 1. The molecule has 2 unspecified atom stereocenters. The molecular weight excluding hydrogens is 156 g/mol. The molecule has 2 atom stereocenters. The van der Waals surface area contributed by atoms with Crippen LogP contribution in [0.15, 0.2) is 23.9 Å². The minimum atomic E-state index is -0.881. The summed E-state index contributed by atoms with van der Waals surface area (Å²) in [4.78, 5) is 0. The van der Waals surface area contributed by atoms with Crippen molar-refractivity contribution in [3.63, 3.8) is 0 Å². The molecule has 1 rings (SSSR count). The Bertz CT molecular complexity index is 225. The molecule has 0 aromatic carbocycles. The summed E-state index contributed by atoms with van der Waals surface area (Å²) in [6.07, 6.45) is 4.76. The van der Waals surface area contributed by atoms with E-state index in [0.29, 0.717) is 5.70 Å². The Morgan fingerprint density at radius 1 is 1.75 bits per heavy atom. The van der Waals surface area contributed by atoms with E-state index in [1.165, 1.54) is 0 Å². The maximum atomic E-state index is 9.03. The summed E-state index contributed by atoms with van der Waals surface area (Å²) in [5.74, 6) is 0. The zero-order chi connectivity index (χ0) is 9.19. The van der Waals surface area contributed by atoms with E-state index >= 15 is 0 Å². The molecule has 0 saturated heterocycles. The van der Waals surface area contributed by atoms with Crippen LogP contribution in [-0.4, -0.2) is 30.5 Å². The van der Waals surface area contributed by atoms with Crippen LogP contribution in [0.2, 0.25) is 0 Å². The lowest BCUT2D eigenvalue weighted by atomic mass is 9.89. The molecule has 0 radical (unpaired) electrons. The van der Waals surface area contributed by atoms with Crippen LogP contribution in [0.1, 0.15) is 0 Å². The third-order valence-corrected chi connectivity index (χ3v) is 1.96. The van der Waals surface area contributed by atoms with Gasteiger partial charge in [-0.1, -0.05) is 6.08 Å². The third kappa shape index (κ3) is 1.50. The molecule has 68 valence electrons. The van der Waals surface area contributed by atoms with Gasteiger partial charge in [0.1, 0.15) is 0 Å².